The summed E-state index contributed by atoms with van der Waals surface area (Å²) in [6.45, 7) is 7.12. The average Bonchev–Trinajstić information content (AvgIpc) is 4.17. The molecule has 4 aromatic carbocycles. The Hall–Kier alpha value is -8.76. The van der Waals surface area contributed by atoms with E-state index in [-0.39, 0.29) is 73.0 Å². The molecule has 396 valence electrons. The molecule has 0 aliphatic heterocycles. The third kappa shape index (κ3) is 11.8. The third-order valence-corrected chi connectivity index (χ3v) is 13.7. The Kier molecular flexibility index (Phi) is 16.8. The molecule has 0 spiro atoms. The number of carboxylic acids is 2. The summed E-state index contributed by atoms with van der Waals surface area (Å²) < 4.78 is 33.1. The smallest absolute Gasteiger partial charge is 0.412 e. The minimum Gasteiger partial charge on any atom is -0.493 e. The highest BCUT2D eigenvalue weighted by Crippen LogP contribution is 2.64. The largest absolute Gasteiger partial charge is 0.493 e. The van der Waals surface area contributed by atoms with Gasteiger partial charge in [-0.3, -0.25) is 20.2 Å². The van der Waals surface area contributed by atoms with Crippen LogP contribution in [0.2, 0.25) is 0 Å². The SMILES string of the molecule is CCCCOC(=O)Nc1ccc(C(=O)NC2(C(=O)O)C(c3ccc(OC(=O)c4cccs4)c(OC)c3)C(NC(=O)c3ccc(NC(=O)OC(C)(C)C)cc3)(C(=O)O)C2c2ccc(OC(=O)c3cccs3)c(OC)c2)cc1. The number of nitrogens with one attached hydrogen (secondary N) is 4. The van der Waals surface area contributed by atoms with Crippen LogP contribution in [-0.4, -0.2) is 95.6 Å². The first kappa shape index (κ1) is 55.0. The zero-order valence-corrected chi connectivity index (χ0v) is 43.4. The van der Waals surface area contributed by atoms with E-state index in [9.17, 15) is 48.6 Å². The van der Waals surface area contributed by atoms with Gasteiger partial charge in [0.1, 0.15) is 15.4 Å². The van der Waals surface area contributed by atoms with Gasteiger partial charge in [-0.25, -0.2) is 28.8 Å². The highest BCUT2D eigenvalue weighted by atomic mass is 32.1. The molecule has 0 saturated heterocycles. The number of unbranched alkanes of at least 4 members (excludes halogenated alkanes) is 1. The maximum absolute atomic E-state index is 14.7. The number of anilines is 2. The number of amides is 4. The highest BCUT2D eigenvalue weighted by molar-refractivity contribution is 7.12. The fourth-order valence-corrected chi connectivity index (χ4v) is 9.89. The normalized spacial score (nSPS) is 17.6. The van der Waals surface area contributed by atoms with E-state index < -0.39 is 76.4 Å². The van der Waals surface area contributed by atoms with Crippen LogP contribution in [0.1, 0.15) is 104 Å². The van der Waals surface area contributed by atoms with Gasteiger partial charge in [0.05, 0.1) is 32.7 Å². The number of benzene rings is 4. The lowest BCUT2D eigenvalue weighted by Crippen LogP contribution is -2.86. The summed E-state index contributed by atoms with van der Waals surface area (Å²) in [6, 6.07) is 24.5. The van der Waals surface area contributed by atoms with Crippen molar-refractivity contribution < 1.29 is 77.0 Å². The number of ether oxygens (including phenoxy) is 6. The van der Waals surface area contributed by atoms with E-state index in [4.69, 9.17) is 28.4 Å². The van der Waals surface area contributed by atoms with Crippen molar-refractivity contribution in [3.63, 3.8) is 0 Å². The number of rotatable bonds is 19. The molecule has 1 saturated carbocycles. The summed E-state index contributed by atoms with van der Waals surface area (Å²) >= 11 is 2.21. The van der Waals surface area contributed by atoms with Crippen LogP contribution in [0.4, 0.5) is 21.0 Å². The molecule has 0 bridgehead atoms. The number of carboxylic acid groups (broad SMARTS) is 2. The Labute approximate surface area is 443 Å². The Balaban J connectivity index is 1.39. The van der Waals surface area contributed by atoms with Gasteiger partial charge in [-0.15, -0.1) is 22.7 Å². The first-order valence-electron chi connectivity index (χ1n) is 23.4. The maximum Gasteiger partial charge on any atom is 0.412 e. The predicted octanol–water partition coefficient (Wildman–Crippen LogP) is 9.35. The summed E-state index contributed by atoms with van der Waals surface area (Å²) in [5.41, 5.74) is -6.45. The van der Waals surface area contributed by atoms with E-state index in [0.29, 0.717) is 6.42 Å². The Morgan fingerprint density at radius 1 is 0.579 bits per heavy atom. The molecule has 6 N–H and O–H groups in total. The molecule has 2 aromatic heterocycles. The number of aliphatic carboxylic acids is 2. The Bertz CT molecular complexity index is 3030. The first-order valence-corrected chi connectivity index (χ1v) is 25.1. The second-order valence-corrected chi connectivity index (χ2v) is 20.0. The van der Waals surface area contributed by atoms with Crippen LogP contribution < -0.4 is 40.2 Å². The molecular formula is C54H52N4O16S2. The van der Waals surface area contributed by atoms with Crippen molar-refractivity contribution in [3.05, 3.63) is 152 Å². The van der Waals surface area contributed by atoms with Crippen molar-refractivity contribution in [2.75, 3.05) is 31.5 Å². The molecule has 1 aliphatic rings. The predicted molar refractivity (Wildman–Crippen MR) is 278 cm³/mol. The number of thiophene rings is 2. The lowest BCUT2D eigenvalue weighted by molar-refractivity contribution is -0.171. The molecule has 7 rings (SSSR count). The zero-order valence-electron chi connectivity index (χ0n) is 41.7. The Morgan fingerprint density at radius 3 is 1.36 bits per heavy atom. The molecule has 1 aliphatic carbocycles. The van der Waals surface area contributed by atoms with Gasteiger partial charge >= 0.3 is 36.1 Å². The van der Waals surface area contributed by atoms with E-state index in [1.807, 2.05) is 6.92 Å². The fraction of sp³-hybridized carbons (Fsp3) is 0.259. The van der Waals surface area contributed by atoms with Crippen LogP contribution in [0.3, 0.4) is 0 Å². The molecule has 2 unspecified atom stereocenters. The standard InChI is InChI=1S/C54H52N4O16S2/c1-7-8-25-71-50(67)55-34-19-13-30(14-20-34)44(59)57-53(48(63)64)42(32-17-23-36(38(28-32)69-5)72-46(61)40-11-9-26-75-40)54(49(65)66,58-45(60)31-15-21-35(22-16-31)56-51(68)74-52(2,3)4)43(53)33-18-24-37(39(29-33)70-6)73-47(62)41-12-10-27-76-41/h9-24,26-29,42-43H,7-8,25H2,1-6H3,(H,55,67)(H,56,68)(H,57,59)(H,58,60)(H,63,64)(H,65,66). The summed E-state index contributed by atoms with van der Waals surface area (Å²) in [7, 11) is 2.46. The molecule has 76 heavy (non-hydrogen) atoms. The van der Waals surface area contributed by atoms with Gasteiger partial charge in [-0.05, 0) is 134 Å². The van der Waals surface area contributed by atoms with Crippen LogP contribution in [-0.2, 0) is 19.1 Å². The quantitative estimate of drug-likeness (QED) is 0.0250. The zero-order chi connectivity index (χ0) is 55.0. The van der Waals surface area contributed by atoms with Crippen LogP contribution in [0, 0.1) is 0 Å². The third-order valence-electron chi connectivity index (χ3n) is 12.0. The van der Waals surface area contributed by atoms with Gasteiger partial charge in [-0.2, -0.15) is 0 Å². The van der Waals surface area contributed by atoms with E-state index in [1.165, 1.54) is 111 Å². The minimum absolute atomic E-state index is 0.137. The monoisotopic (exact) mass is 1080 g/mol. The number of hydrogen-bond donors (Lipinski definition) is 6. The van der Waals surface area contributed by atoms with Crippen LogP contribution in [0.15, 0.2) is 120 Å². The molecule has 2 heterocycles. The number of methoxy groups -OCH3 is 2. The van der Waals surface area contributed by atoms with Crippen LogP contribution in [0.25, 0.3) is 0 Å². The number of carbonyl (C=O) groups is 8. The lowest BCUT2D eigenvalue weighted by Gasteiger charge is -2.64. The van der Waals surface area contributed by atoms with E-state index in [1.54, 1.807) is 43.7 Å². The number of esters is 2. The molecule has 1 fully saturated rings. The van der Waals surface area contributed by atoms with Crippen molar-refractivity contribution in [1.82, 2.24) is 10.6 Å². The van der Waals surface area contributed by atoms with E-state index in [0.717, 1.165) is 29.1 Å². The number of hydrogen-bond acceptors (Lipinski definition) is 16. The van der Waals surface area contributed by atoms with Gasteiger partial charge < -0.3 is 49.3 Å². The van der Waals surface area contributed by atoms with Crippen molar-refractivity contribution in [3.8, 4) is 23.0 Å². The van der Waals surface area contributed by atoms with E-state index >= 15 is 0 Å². The van der Waals surface area contributed by atoms with Gasteiger partial charge in [0, 0.05) is 22.5 Å². The summed E-state index contributed by atoms with van der Waals surface area (Å²) in [4.78, 5) is 110. The molecule has 0 radical (unpaired) electrons. The second-order valence-electron chi connectivity index (χ2n) is 18.1. The highest BCUT2D eigenvalue weighted by Gasteiger charge is 2.80. The molecule has 4 amide bonds. The second kappa shape index (κ2) is 23.2. The molecule has 20 nitrogen and oxygen atoms in total. The van der Waals surface area contributed by atoms with Crippen LogP contribution in [0.5, 0.6) is 23.0 Å². The summed E-state index contributed by atoms with van der Waals surface area (Å²) in [5, 5.41) is 37.3. The lowest BCUT2D eigenvalue weighted by atomic mass is 9.43. The van der Waals surface area contributed by atoms with Crippen molar-refractivity contribution in [2.45, 2.75) is 69.1 Å². The first-order chi connectivity index (χ1) is 36.2. The molecule has 2 atom stereocenters. The summed E-state index contributed by atoms with van der Waals surface area (Å²) in [5.74, 6) is -11.7. The maximum atomic E-state index is 14.7. The fourth-order valence-electron chi connectivity index (χ4n) is 8.70. The molecule has 22 heteroatoms. The number of carbonyl (C=O) groups excluding carboxylic acids is 6. The van der Waals surface area contributed by atoms with Crippen molar-refractivity contribution in [2.24, 2.45) is 0 Å². The average molecular weight is 1080 g/mol. The minimum atomic E-state index is -2.75. The molecular weight excluding hydrogens is 1020 g/mol. The van der Waals surface area contributed by atoms with Gasteiger partial charge in [-0.1, -0.05) is 37.6 Å². The van der Waals surface area contributed by atoms with Crippen molar-refractivity contribution >= 4 is 81.9 Å². The topological polar surface area (TPSA) is 281 Å². The van der Waals surface area contributed by atoms with Gasteiger partial charge in [0.15, 0.2) is 34.1 Å². The van der Waals surface area contributed by atoms with Gasteiger partial charge in [0.2, 0.25) is 0 Å². The van der Waals surface area contributed by atoms with Crippen LogP contribution >= 0.6 is 22.7 Å². The Morgan fingerprint density at radius 2 is 1.00 bits per heavy atom. The van der Waals surface area contributed by atoms with E-state index in [2.05, 4.69) is 21.3 Å². The van der Waals surface area contributed by atoms with Gasteiger partial charge in [0.25, 0.3) is 11.8 Å². The molecule has 6 aromatic rings. The van der Waals surface area contributed by atoms with Crippen molar-refractivity contribution in [1.29, 1.82) is 0 Å². The summed E-state index contributed by atoms with van der Waals surface area (Å²) in [6.07, 6.45) is -0.117.